The second-order valence-corrected chi connectivity index (χ2v) is 3.93. The second kappa shape index (κ2) is 6.53. The first-order chi connectivity index (χ1) is 8.92. The third-order valence-corrected chi connectivity index (χ3v) is 2.78. The van der Waals surface area contributed by atoms with Gasteiger partial charge in [-0.15, -0.1) is 0 Å². The molecule has 0 amide bonds. The largest absolute Gasteiger partial charge is 0.234 e. The van der Waals surface area contributed by atoms with Crippen molar-refractivity contribution in [3.05, 3.63) is 77.7 Å². The third kappa shape index (κ3) is 3.16. The zero-order chi connectivity index (χ0) is 12.6. The van der Waals surface area contributed by atoms with E-state index in [0.29, 0.717) is 6.54 Å². The fraction of sp³-hybridized carbons (Fsp3) is 0.125. The minimum atomic E-state index is 0.475. The molecule has 0 N–H and O–H groups in total. The van der Waals surface area contributed by atoms with Gasteiger partial charge in [0.25, 0.3) is 0 Å². The lowest BCUT2D eigenvalue weighted by atomic mass is 9.89. The van der Waals surface area contributed by atoms with Crippen LogP contribution >= 0.6 is 0 Å². The number of rotatable bonds is 5. The fourth-order valence-corrected chi connectivity index (χ4v) is 1.95. The molecule has 2 rings (SSSR count). The van der Waals surface area contributed by atoms with Crippen molar-refractivity contribution in [3.63, 3.8) is 0 Å². The Hall–Kier alpha value is -2.18. The molecule has 0 bridgehead atoms. The maximum absolute atomic E-state index is 10.2. The summed E-state index contributed by atoms with van der Waals surface area (Å²) in [6.45, 7) is 0.475. The van der Waals surface area contributed by atoms with E-state index in [1.165, 1.54) is 17.0 Å². The van der Waals surface area contributed by atoms with E-state index in [-0.39, 0.29) is 0 Å². The quantitative estimate of drug-likeness (QED) is 0.578. The van der Waals surface area contributed by atoms with Gasteiger partial charge < -0.3 is 0 Å². The van der Waals surface area contributed by atoms with Crippen LogP contribution in [0.1, 0.15) is 17.5 Å². The van der Waals surface area contributed by atoms with Crippen LogP contribution in [0.5, 0.6) is 0 Å². The van der Waals surface area contributed by atoms with Crippen LogP contribution in [0.15, 0.2) is 65.7 Å². The van der Waals surface area contributed by atoms with Gasteiger partial charge in [-0.1, -0.05) is 60.7 Å². The Morgan fingerprint density at radius 2 is 1.39 bits per heavy atom. The molecule has 0 aliphatic heterocycles. The molecule has 0 aromatic heterocycles. The first-order valence-electron chi connectivity index (χ1n) is 5.92. The van der Waals surface area contributed by atoms with Crippen molar-refractivity contribution in [2.24, 2.45) is 4.99 Å². The van der Waals surface area contributed by atoms with Crippen molar-refractivity contribution in [3.8, 4) is 0 Å². The molecule has 0 aliphatic carbocycles. The van der Waals surface area contributed by atoms with Gasteiger partial charge in [0.15, 0.2) is 0 Å². The van der Waals surface area contributed by atoms with Gasteiger partial charge in [0, 0.05) is 5.92 Å². The molecular formula is C16H14NO. The van der Waals surface area contributed by atoms with Crippen LogP contribution in [-0.4, -0.2) is 12.6 Å². The summed E-state index contributed by atoms with van der Waals surface area (Å²) in [4.78, 5) is 13.8. The van der Waals surface area contributed by atoms with Gasteiger partial charge >= 0.3 is 0 Å². The van der Waals surface area contributed by atoms with Gasteiger partial charge in [-0.25, -0.2) is 9.79 Å². The summed E-state index contributed by atoms with van der Waals surface area (Å²) >= 11 is 0. The Labute approximate surface area is 107 Å². The molecule has 0 aliphatic rings. The van der Waals surface area contributed by atoms with Crippen LogP contribution in [0, 0.1) is 5.92 Å². The topological polar surface area (TPSA) is 29.4 Å². The molecule has 0 spiro atoms. The van der Waals surface area contributed by atoms with E-state index in [4.69, 9.17) is 0 Å². The first-order valence-corrected chi connectivity index (χ1v) is 5.92. The van der Waals surface area contributed by atoms with Gasteiger partial charge in [0.2, 0.25) is 6.08 Å². The lowest BCUT2D eigenvalue weighted by Crippen LogP contribution is -2.03. The van der Waals surface area contributed by atoms with Gasteiger partial charge in [-0.3, -0.25) is 0 Å². The highest BCUT2D eigenvalue weighted by molar-refractivity contribution is 5.45. The molecule has 18 heavy (non-hydrogen) atoms. The van der Waals surface area contributed by atoms with Crippen LogP contribution < -0.4 is 0 Å². The standard InChI is InChI=1S/C16H14NO/c18-13-17-12-11-16(14-7-3-1-4-8-14)15-9-5-2-6-10-15/h1-10H,11-12H2. The Balaban J connectivity index is 2.26. The van der Waals surface area contributed by atoms with Gasteiger partial charge in [-0.05, 0) is 17.5 Å². The number of nitrogens with zero attached hydrogens (tertiary/aromatic N) is 1. The van der Waals surface area contributed by atoms with Gasteiger partial charge in [0.1, 0.15) is 0 Å². The summed E-state index contributed by atoms with van der Waals surface area (Å²) in [5.74, 6) is 1.20. The van der Waals surface area contributed by atoms with Crippen LogP contribution in [-0.2, 0) is 4.79 Å². The SMILES string of the molecule is O=C=NCC[C](c1ccccc1)c1ccccc1. The first kappa shape index (κ1) is 12.3. The Morgan fingerprint density at radius 1 is 0.889 bits per heavy atom. The van der Waals surface area contributed by atoms with E-state index >= 15 is 0 Å². The van der Waals surface area contributed by atoms with Crippen molar-refractivity contribution < 1.29 is 4.79 Å². The minimum absolute atomic E-state index is 0.475. The summed E-state index contributed by atoms with van der Waals surface area (Å²) < 4.78 is 0. The van der Waals surface area contributed by atoms with E-state index in [1.54, 1.807) is 6.08 Å². The molecule has 2 aromatic rings. The van der Waals surface area contributed by atoms with E-state index in [2.05, 4.69) is 29.3 Å². The zero-order valence-corrected chi connectivity index (χ0v) is 10.0. The highest BCUT2D eigenvalue weighted by Gasteiger charge is 2.13. The third-order valence-electron chi connectivity index (χ3n) is 2.78. The molecule has 2 heteroatoms. The number of hydrogen-bond acceptors (Lipinski definition) is 2. The highest BCUT2D eigenvalue weighted by atomic mass is 16.1. The summed E-state index contributed by atoms with van der Waals surface area (Å²) in [6.07, 6.45) is 2.33. The summed E-state index contributed by atoms with van der Waals surface area (Å²) in [5, 5.41) is 0. The number of isocyanates is 1. The van der Waals surface area contributed by atoms with Crippen molar-refractivity contribution in [1.82, 2.24) is 0 Å². The van der Waals surface area contributed by atoms with Crippen LogP contribution in [0.2, 0.25) is 0 Å². The molecule has 2 nitrogen and oxygen atoms in total. The van der Waals surface area contributed by atoms with Crippen molar-refractivity contribution >= 4 is 6.08 Å². The lowest BCUT2D eigenvalue weighted by molar-refractivity contribution is 0.562. The van der Waals surface area contributed by atoms with Crippen molar-refractivity contribution in [2.75, 3.05) is 6.54 Å². The molecule has 2 aromatic carbocycles. The van der Waals surface area contributed by atoms with E-state index in [1.807, 2.05) is 36.4 Å². The Bertz CT molecular complexity index is 476. The number of hydrogen-bond donors (Lipinski definition) is 0. The monoisotopic (exact) mass is 236 g/mol. The fourth-order valence-electron chi connectivity index (χ4n) is 1.95. The van der Waals surface area contributed by atoms with Crippen LogP contribution in [0.25, 0.3) is 0 Å². The number of aliphatic imine (C=N–C) groups is 1. The Kier molecular flexibility index (Phi) is 4.46. The molecule has 0 heterocycles. The van der Waals surface area contributed by atoms with Crippen molar-refractivity contribution in [1.29, 1.82) is 0 Å². The predicted octanol–water partition coefficient (Wildman–Crippen LogP) is 3.38. The minimum Gasteiger partial charge on any atom is -0.211 e. The Morgan fingerprint density at radius 3 is 1.83 bits per heavy atom. The molecule has 0 unspecified atom stereocenters. The molecule has 1 radical (unpaired) electrons. The zero-order valence-electron chi connectivity index (χ0n) is 10.0. The maximum atomic E-state index is 10.2. The van der Waals surface area contributed by atoms with E-state index in [9.17, 15) is 4.79 Å². The summed E-state index contributed by atoms with van der Waals surface area (Å²) in [7, 11) is 0. The average molecular weight is 236 g/mol. The van der Waals surface area contributed by atoms with Gasteiger partial charge in [-0.2, -0.15) is 0 Å². The smallest absolute Gasteiger partial charge is 0.211 e. The van der Waals surface area contributed by atoms with Gasteiger partial charge in [0.05, 0.1) is 6.54 Å². The molecule has 0 atom stereocenters. The summed E-state index contributed by atoms with van der Waals surface area (Å²) in [5.41, 5.74) is 2.34. The average Bonchev–Trinajstić information content (AvgIpc) is 2.46. The van der Waals surface area contributed by atoms with Crippen molar-refractivity contribution in [2.45, 2.75) is 6.42 Å². The van der Waals surface area contributed by atoms with Crippen LogP contribution in [0.3, 0.4) is 0 Å². The highest BCUT2D eigenvalue weighted by Crippen LogP contribution is 2.26. The predicted molar refractivity (Wildman–Crippen MR) is 71.9 cm³/mol. The van der Waals surface area contributed by atoms with E-state index in [0.717, 1.165) is 6.42 Å². The normalized spacial score (nSPS) is 10.1. The maximum Gasteiger partial charge on any atom is 0.234 e. The lowest BCUT2D eigenvalue weighted by Gasteiger charge is -2.15. The van der Waals surface area contributed by atoms with E-state index < -0.39 is 0 Å². The molecular weight excluding hydrogens is 222 g/mol. The second-order valence-electron chi connectivity index (χ2n) is 3.93. The molecule has 0 fully saturated rings. The van der Waals surface area contributed by atoms with Crippen LogP contribution in [0.4, 0.5) is 0 Å². The number of carbonyl (C=O) groups excluding carboxylic acids is 1. The summed E-state index contributed by atoms with van der Waals surface area (Å²) in [6, 6.07) is 20.4. The molecule has 0 saturated heterocycles. The molecule has 89 valence electrons. The number of benzene rings is 2. The molecule has 0 saturated carbocycles.